The Morgan fingerprint density at radius 1 is 1.22 bits per heavy atom. The van der Waals surface area contributed by atoms with Crippen LogP contribution >= 0.6 is 11.6 Å². The first kappa shape index (κ1) is 14.8. The van der Waals surface area contributed by atoms with Crippen LogP contribution in [0.5, 0.6) is 5.75 Å². The van der Waals surface area contributed by atoms with Crippen LogP contribution in [0.1, 0.15) is 12.0 Å². The summed E-state index contributed by atoms with van der Waals surface area (Å²) in [6.07, 6.45) is 0.862. The Labute approximate surface area is 112 Å². The smallest absolute Gasteiger partial charge is 0.137 e. The molecule has 0 saturated carbocycles. The molecule has 1 rings (SSSR count). The van der Waals surface area contributed by atoms with E-state index in [0.29, 0.717) is 42.8 Å². The number of nitrogens with zero attached hydrogens (tertiary/aromatic N) is 1. The number of halogens is 1. The molecule has 5 heteroatoms. The van der Waals surface area contributed by atoms with Gasteiger partial charge in [0.15, 0.2) is 0 Å². The zero-order valence-electron chi connectivity index (χ0n) is 10.3. The van der Waals surface area contributed by atoms with Crippen molar-refractivity contribution in [1.29, 1.82) is 5.26 Å². The Balaban J connectivity index is 2.25. The predicted molar refractivity (Wildman–Crippen MR) is 69.0 cm³/mol. The van der Waals surface area contributed by atoms with Crippen LogP contribution in [0.2, 0.25) is 5.02 Å². The van der Waals surface area contributed by atoms with Gasteiger partial charge >= 0.3 is 0 Å². The van der Waals surface area contributed by atoms with Crippen LogP contribution in [0.25, 0.3) is 0 Å². The molecule has 98 valence electrons. The van der Waals surface area contributed by atoms with E-state index >= 15 is 0 Å². The van der Waals surface area contributed by atoms with E-state index in [1.54, 1.807) is 25.3 Å². The Morgan fingerprint density at radius 2 is 2.06 bits per heavy atom. The summed E-state index contributed by atoms with van der Waals surface area (Å²) in [5.41, 5.74) is 0.432. The lowest BCUT2D eigenvalue weighted by atomic mass is 10.2. The van der Waals surface area contributed by atoms with Crippen molar-refractivity contribution in [2.45, 2.75) is 6.42 Å². The van der Waals surface area contributed by atoms with Gasteiger partial charge in [0.25, 0.3) is 0 Å². The van der Waals surface area contributed by atoms with E-state index in [1.807, 2.05) is 6.07 Å². The Morgan fingerprint density at radius 3 is 2.78 bits per heavy atom. The third-order valence-corrected chi connectivity index (χ3v) is 2.42. The second-order valence-electron chi connectivity index (χ2n) is 3.56. The Hall–Kier alpha value is -1.28. The first-order valence-electron chi connectivity index (χ1n) is 5.67. The fraction of sp³-hybridized carbons (Fsp3) is 0.462. The summed E-state index contributed by atoms with van der Waals surface area (Å²) in [6, 6.07) is 7.00. The van der Waals surface area contributed by atoms with E-state index in [1.165, 1.54) is 0 Å². The van der Waals surface area contributed by atoms with Gasteiger partial charge in [-0.25, -0.2) is 0 Å². The molecule has 0 aliphatic rings. The number of hydrogen-bond donors (Lipinski definition) is 0. The van der Waals surface area contributed by atoms with Gasteiger partial charge in [0.05, 0.1) is 12.2 Å². The Kier molecular flexibility index (Phi) is 7.19. The number of nitriles is 1. The molecular weight excluding hydrogens is 254 g/mol. The summed E-state index contributed by atoms with van der Waals surface area (Å²) < 4.78 is 15.7. The predicted octanol–water partition coefficient (Wildman–Crippen LogP) is 2.64. The summed E-state index contributed by atoms with van der Waals surface area (Å²) >= 11 is 5.78. The summed E-state index contributed by atoms with van der Waals surface area (Å²) in [5.74, 6) is 0.530. The molecule has 0 aromatic heterocycles. The zero-order valence-corrected chi connectivity index (χ0v) is 11.1. The molecule has 0 aliphatic carbocycles. The second-order valence-corrected chi connectivity index (χ2v) is 4.00. The van der Waals surface area contributed by atoms with E-state index < -0.39 is 0 Å². The average Bonchev–Trinajstić information content (AvgIpc) is 2.39. The third-order valence-electron chi connectivity index (χ3n) is 2.18. The van der Waals surface area contributed by atoms with Crippen molar-refractivity contribution in [2.24, 2.45) is 0 Å². The minimum Gasteiger partial charge on any atom is -0.490 e. The minimum absolute atomic E-state index is 0.406. The van der Waals surface area contributed by atoms with Gasteiger partial charge in [-0.2, -0.15) is 5.26 Å². The topological polar surface area (TPSA) is 51.5 Å². The van der Waals surface area contributed by atoms with Gasteiger partial charge in [0.2, 0.25) is 0 Å². The lowest BCUT2D eigenvalue weighted by Crippen LogP contribution is -2.09. The van der Waals surface area contributed by atoms with Gasteiger partial charge in [-0.3, -0.25) is 0 Å². The number of ether oxygens (including phenoxy) is 3. The summed E-state index contributed by atoms with van der Waals surface area (Å²) in [4.78, 5) is 0. The van der Waals surface area contributed by atoms with Crippen LogP contribution in [-0.4, -0.2) is 33.5 Å². The quantitative estimate of drug-likeness (QED) is 0.681. The number of methoxy groups -OCH3 is 1. The fourth-order valence-electron chi connectivity index (χ4n) is 1.33. The number of rotatable bonds is 8. The maximum absolute atomic E-state index is 8.91. The van der Waals surface area contributed by atoms with E-state index in [9.17, 15) is 0 Å². The summed E-state index contributed by atoms with van der Waals surface area (Å²) in [5, 5.41) is 9.43. The third kappa shape index (κ3) is 5.37. The SMILES string of the molecule is COCCCOCCOc1ccc(Cl)cc1C#N. The van der Waals surface area contributed by atoms with Crippen LogP contribution in [0, 0.1) is 11.3 Å². The van der Waals surface area contributed by atoms with Crippen molar-refractivity contribution in [3.8, 4) is 11.8 Å². The molecule has 1 aromatic carbocycles. The number of hydrogen-bond acceptors (Lipinski definition) is 4. The van der Waals surface area contributed by atoms with E-state index in [4.69, 9.17) is 31.1 Å². The van der Waals surface area contributed by atoms with Crippen molar-refractivity contribution in [2.75, 3.05) is 33.5 Å². The van der Waals surface area contributed by atoms with E-state index in [2.05, 4.69) is 0 Å². The first-order valence-corrected chi connectivity index (χ1v) is 6.05. The summed E-state index contributed by atoms with van der Waals surface area (Å²) in [6.45, 7) is 2.22. The molecule has 0 spiro atoms. The van der Waals surface area contributed by atoms with Gasteiger partial charge in [0.1, 0.15) is 18.4 Å². The van der Waals surface area contributed by atoms with E-state index in [0.717, 1.165) is 6.42 Å². The van der Waals surface area contributed by atoms with Gasteiger partial charge in [-0.1, -0.05) is 11.6 Å². The largest absolute Gasteiger partial charge is 0.490 e. The van der Waals surface area contributed by atoms with Crippen molar-refractivity contribution in [3.63, 3.8) is 0 Å². The molecular formula is C13H16ClNO3. The van der Waals surface area contributed by atoms with Gasteiger partial charge in [0, 0.05) is 25.3 Å². The highest BCUT2D eigenvalue weighted by atomic mass is 35.5. The van der Waals surface area contributed by atoms with Crippen LogP contribution in [-0.2, 0) is 9.47 Å². The zero-order chi connectivity index (χ0) is 13.2. The van der Waals surface area contributed by atoms with Crippen molar-refractivity contribution in [3.05, 3.63) is 28.8 Å². The molecule has 0 fully saturated rings. The molecule has 0 saturated heterocycles. The standard InChI is InChI=1S/C13H16ClNO3/c1-16-5-2-6-17-7-8-18-13-4-3-12(14)9-11(13)10-15/h3-4,9H,2,5-8H2,1H3. The molecule has 0 unspecified atom stereocenters. The van der Waals surface area contributed by atoms with Gasteiger partial charge in [-0.05, 0) is 24.6 Å². The molecule has 0 amide bonds. The first-order chi connectivity index (χ1) is 8.77. The van der Waals surface area contributed by atoms with Crippen LogP contribution in [0.3, 0.4) is 0 Å². The molecule has 1 aromatic rings. The van der Waals surface area contributed by atoms with Crippen molar-refractivity contribution >= 4 is 11.6 Å². The summed E-state index contributed by atoms with van der Waals surface area (Å²) in [7, 11) is 1.66. The Bertz CT molecular complexity index is 404. The van der Waals surface area contributed by atoms with E-state index in [-0.39, 0.29) is 0 Å². The van der Waals surface area contributed by atoms with Crippen LogP contribution in [0.4, 0.5) is 0 Å². The second kappa shape index (κ2) is 8.76. The normalized spacial score (nSPS) is 10.1. The highest BCUT2D eigenvalue weighted by molar-refractivity contribution is 6.30. The highest BCUT2D eigenvalue weighted by Gasteiger charge is 2.03. The van der Waals surface area contributed by atoms with Crippen molar-refractivity contribution < 1.29 is 14.2 Å². The number of benzene rings is 1. The van der Waals surface area contributed by atoms with Crippen LogP contribution in [0.15, 0.2) is 18.2 Å². The molecule has 0 heterocycles. The minimum atomic E-state index is 0.406. The average molecular weight is 270 g/mol. The molecule has 0 aliphatic heterocycles. The molecule has 4 nitrogen and oxygen atoms in total. The van der Waals surface area contributed by atoms with Gasteiger partial charge in [-0.15, -0.1) is 0 Å². The molecule has 18 heavy (non-hydrogen) atoms. The van der Waals surface area contributed by atoms with Crippen molar-refractivity contribution in [1.82, 2.24) is 0 Å². The molecule has 0 radical (unpaired) electrons. The fourth-order valence-corrected chi connectivity index (χ4v) is 1.51. The maximum Gasteiger partial charge on any atom is 0.137 e. The molecule has 0 bridgehead atoms. The molecule has 0 N–H and O–H groups in total. The molecule has 0 atom stereocenters. The lowest BCUT2D eigenvalue weighted by Gasteiger charge is -2.08. The van der Waals surface area contributed by atoms with Crippen LogP contribution < -0.4 is 4.74 Å². The van der Waals surface area contributed by atoms with Gasteiger partial charge < -0.3 is 14.2 Å². The maximum atomic E-state index is 8.91. The lowest BCUT2D eigenvalue weighted by molar-refractivity contribution is 0.0806. The highest BCUT2D eigenvalue weighted by Crippen LogP contribution is 2.21. The monoisotopic (exact) mass is 269 g/mol.